The Bertz CT molecular complexity index is 994. The summed E-state index contributed by atoms with van der Waals surface area (Å²) >= 11 is 0. The summed E-state index contributed by atoms with van der Waals surface area (Å²) in [7, 11) is 0. The highest BCUT2D eigenvalue weighted by Gasteiger charge is 2.22. The first kappa shape index (κ1) is 22.3. The maximum absolute atomic E-state index is 12.7. The molecular formula is C30H35NO. The summed E-state index contributed by atoms with van der Waals surface area (Å²) in [6.45, 7) is 4.37. The zero-order valence-corrected chi connectivity index (χ0v) is 19.4. The van der Waals surface area contributed by atoms with E-state index in [9.17, 15) is 4.79 Å². The molecule has 1 saturated carbocycles. The highest BCUT2D eigenvalue weighted by Crippen LogP contribution is 2.37. The quantitative estimate of drug-likeness (QED) is 0.404. The molecule has 0 heterocycles. The van der Waals surface area contributed by atoms with E-state index >= 15 is 0 Å². The summed E-state index contributed by atoms with van der Waals surface area (Å²) < 4.78 is 0. The molecule has 1 aliphatic rings. The van der Waals surface area contributed by atoms with Crippen LogP contribution in [0.2, 0.25) is 0 Å². The van der Waals surface area contributed by atoms with E-state index < -0.39 is 0 Å². The fraction of sp³-hybridized carbons (Fsp3) is 0.367. The van der Waals surface area contributed by atoms with E-state index in [1.165, 1.54) is 61.6 Å². The number of unbranched alkanes of at least 4 members (excludes halogenated alkanes) is 1. The minimum Gasteiger partial charge on any atom is -0.322 e. The monoisotopic (exact) mass is 425 g/mol. The Balaban J connectivity index is 1.32. The Morgan fingerprint density at radius 3 is 2.00 bits per heavy atom. The maximum Gasteiger partial charge on any atom is 0.255 e. The lowest BCUT2D eigenvalue weighted by Crippen LogP contribution is -2.14. The number of carbonyl (C=O) groups is 1. The van der Waals surface area contributed by atoms with Gasteiger partial charge in [0.05, 0.1) is 0 Å². The zero-order chi connectivity index (χ0) is 22.3. The average molecular weight is 426 g/mol. The Labute approximate surface area is 193 Å². The standard InChI is InChI=1S/C30H35NO/c1-3-4-5-23-8-12-25(13-9-23)26-14-16-28(17-15-26)30(32)31-29-20-18-27(19-21-29)24-10-6-22(2)7-11-24/h6-7,10-11,14-21,23,25H,3-5,8-9,12-13H2,1-2H3,(H,31,32). The molecule has 2 heteroatoms. The number of amides is 1. The fourth-order valence-corrected chi connectivity index (χ4v) is 4.88. The van der Waals surface area contributed by atoms with Gasteiger partial charge in [-0.1, -0.05) is 80.3 Å². The molecule has 32 heavy (non-hydrogen) atoms. The lowest BCUT2D eigenvalue weighted by atomic mass is 9.77. The number of carbonyl (C=O) groups excluding carboxylic acids is 1. The molecule has 2 nitrogen and oxygen atoms in total. The van der Waals surface area contributed by atoms with Gasteiger partial charge in [0.25, 0.3) is 5.91 Å². The minimum atomic E-state index is -0.0529. The van der Waals surface area contributed by atoms with Crippen molar-refractivity contribution in [2.45, 2.75) is 64.7 Å². The van der Waals surface area contributed by atoms with E-state index in [0.29, 0.717) is 11.5 Å². The molecule has 4 rings (SSSR count). The first-order valence-electron chi connectivity index (χ1n) is 12.2. The van der Waals surface area contributed by atoms with Crippen LogP contribution in [0, 0.1) is 12.8 Å². The minimum absolute atomic E-state index is 0.0529. The Kier molecular flexibility index (Phi) is 7.42. The largest absolute Gasteiger partial charge is 0.322 e. The second kappa shape index (κ2) is 10.6. The molecule has 1 fully saturated rings. The highest BCUT2D eigenvalue weighted by atomic mass is 16.1. The SMILES string of the molecule is CCCCC1CCC(c2ccc(C(=O)Nc3ccc(-c4ccc(C)cc4)cc3)cc2)CC1. The van der Waals surface area contributed by atoms with Gasteiger partial charge in [-0.05, 0) is 85.4 Å². The van der Waals surface area contributed by atoms with Gasteiger partial charge >= 0.3 is 0 Å². The van der Waals surface area contributed by atoms with Gasteiger partial charge in [0.1, 0.15) is 0 Å². The summed E-state index contributed by atoms with van der Waals surface area (Å²) in [5.41, 5.74) is 6.51. The van der Waals surface area contributed by atoms with Crippen molar-refractivity contribution < 1.29 is 4.79 Å². The Morgan fingerprint density at radius 1 is 0.812 bits per heavy atom. The summed E-state index contributed by atoms with van der Waals surface area (Å²) in [4.78, 5) is 12.7. The first-order valence-corrected chi connectivity index (χ1v) is 12.2. The molecule has 0 bridgehead atoms. The van der Waals surface area contributed by atoms with Crippen LogP contribution in [0.25, 0.3) is 11.1 Å². The van der Waals surface area contributed by atoms with Gasteiger partial charge in [-0.3, -0.25) is 4.79 Å². The first-order chi connectivity index (χ1) is 15.6. The molecule has 0 aliphatic heterocycles. The highest BCUT2D eigenvalue weighted by molar-refractivity contribution is 6.04. The van der Waals surface area contributed by atoms with Crippen LogP contribution >= 0.6 is 0 Å². The summed E-state index contributed by atoms with van der Waals surface area (Å²) in [6.07, 6.45) is 9.35. The van der Waals surface area contributed by atoms with E-state index in [-0.39, 0.29) is 5.91 Å². The zero-order valence-electron chi connectivity index (χ0n) is 19.4. The van der Waals surface area contributed by atoms with Crippen molar-refractivity contribution in [2.75, 3.05) is 5.32 Å². The molecule has 3 aromatic carbocycles. The van der Waals surface area contributed by atoms with Crippen LogP contribution in [0.15, 0.2) is 72.8 Å². The summed E-state index contributed by atoms with van der Waals surface area (Å²) in [5.74, 6) is 1.52. The van der Waals surface area contributed by atoms with Crippen LogP contribution in [-0.4, -0.2) is 5.91 Å². The molecule has 1 amide bonds. The molecule has 0 aromatic heterocycles. The number of rotatable bonds is 7. The van der Waals surface area contributed by atoms with Gasteiger partial charge < -0.3 is 5.32 Å². The summed E-state index contributed by atoms with van der Waals surface area (Å²) in [6, 6.07) is 24.8. The number of hydrogen-bond acceptors (Lipinski definition) is 1. The number of aryl methyl sites for hydroxylation is 1. The van der Waals surface area contributed by atoms with E-state index in [0.717, 1.165) is 17.2 Å². The molecule has 0 unspecified atom stereocenters. The van der Waals surface area contributed by atoms with E-state index in [1.807, 2.05) is 24.3 Å². The molecule has 0 atom stereocenters. The topological polar surface area (TPSA) is 29.1 Å². The number of anilines is 1. The van der Waals surface area contributed by atoms with Crippen LogP contribution in [0.5, 0.6) is 0 Å². The third-order valence-corrected chi connectivity index (χ3v) is 6.98. The van der Waals surface area contributed by atoms with Crippen molar-refractivity contribution in [1.82, 2.24) is 0 Å². The van der Waals surface area contributed by atoms with Crippen molar-refractivity contribution in [3.8, 4) is 11.1 Å². The Morgan fingerprint density at radius 2 is 1.41 bits per heavy atom. The predicted octanol–water partition coefficient (Wildman–Crippen LogP) is 8.38. The number of hydrogen-bond donors (Lipinski definition) is 1. The molecule has 3 aromatic rings. The van der Waals surface area contributed by atoms with Crippen molar-refractivity contribution in [1.29, 1.82) is 0 Å². The molecule has 0 spiro atoms. The van der Waals surface area contributed by atoms with Gasteiger partial charge in [-0.15, -0.1) is 0 Å². The second-order valence-corrected chi connectivity index (χ2v) is 9.38. The van der Waals surface area contributed by atoms with Crippen molar-refractivity contribution in [3.63, 3.8) is 0 Å². The van der Waals surface area contributed by atoms with Crippen LogP contribution in [-0.2, 0) is 0 Å². The van der Waals surface area contributed by atoms with Gasteiger partial charge in [0.2, 0.25) is 0 Å². The van der Waals surface area contributed by atoms with Gasteiger partial charge in [-0.2, -0.15) is 0 Å². The van der Waals surface area contributed by atoms with Gasteiger partial charge in [0.15, 0.2) is 0 Å². The molecule has 1 aliphatic carbocycles. The average Bonchev–Trinajstić information content (AvgIpc) is 2.84. The normalized spacial score (nSPS) is 18.3. The third kappa shape index (κ3) is 5.68. The van der Waals surface area contributed by atoms with E-state index in [2.05, 4.69) is 67.7 Å². The van der Waals surface area contributed by atoms with Gasteiger partial charge in [0, 0.05) is 11.3 Å². The predicted molar refractivity (Wildman–Crippen MR) is 135 cm³/mol. The number of benzene rings is 3. The number of nitrogens with one attached hydrogen (secondary N) is 1. The maximum atomic E-state index is 12.7. The molecule has 0 saturated heterocycles. The third-order valence-electron chi connectivity index (χ3n) is 6.98. The van der Waals surface area contributed by atoms with Crippen LogP contribution in [0.1, 0.15) is 79.3 Å². The van der Waals surface area contributed by atoms with Crippen molar-refractivity contribution in [3.05, 3.63) is 89.5 Å². The van der Waals surface area contributed by atoms with E-state index in [4.69, 9.17) is 0 Å². The van der Waals surface area contributed by atoms with Crippen LogP contribution in [0.4, 0.5) is 5.69 Å². The molecule has 166 valence electrons. The Hall–Kier alpha value is -2.87. The van der Waals surface area contributed by atoms with Crippen molar-refractivity contribution in [2.24, 2.45) is 5.92 Å². The van der Waals surface area contributed by atoms with Crippen LogP contribution in [0.3, 0.4) is 0 Å². The lowest BCUT2D eigenvalue weighted by molar-refractivity contribution is 0.102. The van der Waals surface area contributed by atoms with Crippen molar-refractivity contribution >= 4 is 11.6 Å². The van der Waals surface area contributed by atoms with E-state index in [1.54, 1.807) is 0 Å². The second-order valence-electron chi connectivity index (χ2n) is 9.38. The fourth-order valence-electron chi connectivity index (χ4n) is 4.88. The van der Waals surface area contributed by atoms with Gasteiger partial charge in [-0.25, -0.2) is 0 Å². The lowest BCUT2D eigenvalue weighted by Gasteiger charge is -2.28. The molecule has 0 radical (unpaired) electrons. The molecule has 1 N–H and O–H groups in total. The molecular weight excluding hydrogens is 390 g/mol. The summed E-state index contributed by atoms with van der Waals surface area (Å²) in [5, 5.41) is 3.03. The van der Waals surface area contributed by atoms with Crippen LogP contribution < -0.4 is 5.32 Å². The smallest absolute Gasteiger partial charge is 0.255 e.